The van der Waals surface area contributed by atoms with E-state index in [2.05, 4.69) is 15.9 Å². The normalized spacial score (nSPS) is 18.8. The van der Waals surface area contributed by atoms with Gasteiger partial charge in [-0.1, -0.05) is 35.3 Å². The summed E-state index contributed by atoms with van der Waals surface area (Å²) in [5.41, 5.74) is 2.49. The van der Waals surface area contributed by atoms with Gasteiger partial charge in [-0.2, -0.15) is 5.26 Å². The standard InChI is InChI=1S/C29H35Cl2N3O3/c1-20-27(7-6-25(30)28(20)31)37-24-10-12-33(13-11-24)19-21-8-14-34(15-9-21)26(29(35)36-2)17-22-4-3-5-23(16-22)18-32/h3-7,16,21,24,26H,8-15,17,19H2,1-2H3. The van der Waals surface area contributed by atoms with Crippen molar-refractivity contribution >= 4 is 29.2 Å². The lowest BCUT2D eigenvalue weighted by Gasteiger charge is -2.39. The van der Waals surface area contributed by atoms with E-state index in [1.165, 1.54) is 7.11 Å². The SMILES string of the molecule is COC(=O)C(Cc1cccc(C#N)c1)N1CCC(CN2CCC(Oc3ccc(Cl)c(Cl)c3C)CC2)CC1. The van der Waals surface area contributed by atoms with E-state index in [1.54, 1.807) is 12.1 Å². The van der Waals surface area contributed by atoms with Crippen molar-refractivity contribution < 1.29 is 14.3 Å². The molecule has 198 valence electrons. The molecule has 1 atom stereocenters. The number of hydrogen-bond donors (Lipinski definition) is 0. The molecule has 0 spiro atoms. The monoisotopic (exact) mass is 543 g/mol. The molecule has 8 heteroatoms. The molecule has 2 aromatic rings. The Balaban J connectivity index is 1.24. The van der Waals surface area contributed by atoms with Gasteiger partial charge in [-0.05, 0) is 87.9 Å². The number of rotatable bonds is 8. The molecule has 37 heavy (non-hydrogen) atoms. The Labute approximate surface area is 230 Å². The molecule has 0 amide bonds. The smallest absolute Gasteiger partial charge is 0.323 e. The molecule has 0 N–H and O–H groups in total. The van der Waals surface area contributed by atoms with E-state index in [9.17, 15) is 10.1 Å². The van der Waals surface area contributed by atoms with E-state index in [1.807, 2.05) is 31.2 Å². The molecule has 2 aromatic carbocycles. The Morgan fingerprint density at radius 1 is 1.11 bits per heavy atom. The van der Waals surface area contributed by atoms with Crippen molar-refractivity contribution in [3.8, 4) is 11.8 Å². The molecule has 2 saturated heterocycles. The fourth-order valence-corrected chi connectivity index (χ4v) is 5.81. The highest BCUT2D eigenvalue weighted by atomic mass is 35.5. The Hall–Kier alpha value is -2.30. The van der Waals surface area contributed by atoms with Gasteiger partial charge in [-0.3, -0.25) is 9.69 Å². The lowest BCUT2D eigenvalue weighted by atomic mass is 9.93. The van der Waals surface area contributed by atoms with E-state index in [0.717, 1.165) is 75.3 Å². The molecule has 0 aromatic heterocycles. The summed E-state index contributed by atoms with van der Waals surface area (Å²) in [6.07, 6.45) is 4.85. The number of likely N-dealkylation sites (tertiary alicyclic amines) is 2. The molecule has 0 saturated carbocycles. The van der Waals surface area contributed by atoms with Crippen LogP contribution in [0.25, 0.3) is 0 Å². The number of benzene rings is 2. The summed E-state index contributed by atoms with van der Waals surface area (Å²) in [6, 6.07) is 13.0. The Morgan fingerprint density at radius 2 is 1.84 bits per heavy atom. The van der Waals surface area contributed by atoms with Crippen molar-refractivity contribution in [2.75, 3.05) is 39.8 Å². The molecular formula is C29H35Cl2N3O3. The first-order chi connectivity index (χ1) is 17.9. The highest BCUT2D eigenvalue weighted by Gasteiger charge is 2.32. The van der Waals surface area contributed by atoms with Crippen LogP contribution in [0.3, 0.4) is 0 Å². The quantitative estimate of drug-likeness (QED) is 0.409. The summed E-state index contributed by atoms with van der Waals surface area (Å²) in [4.78, 5) is 17.4. The number of carbonyl (C=O) groups is 1. The molecule has 1 unspecified atom stereocenters. The Kier molecular flexibility index (Phi) is 9.72. The molecule has 2 aliphatic heterocycles. The van der Waals surface area contributed by atoms with E-state index >= 15 is 0 Å². The zero-order chi connectivity index (χ0) is 26.4. The van der Waals surface area contributed by atoms with Crippen LogP contribution < -0.4 is 4.74 Å². The number of methoxy groups -OCH3 is 1. The largest absolute Gasteiger partial charge is 0.490 e. The molecule has 0 bridgehead atoms. The van der Waals surface area contributed by atoms with Crippen LogP contribution in [0.2, 0.25) is 10.0 Å². The summed E-state index contributed by atoms with van der Waals surface area (Å²) < 4.78 is 11.4. The summed E-state index contributed by atoms with van der Waals surface area (Å²) in [6.45, 7) is 6.81. The van der Waals surface area contributed by atoms with Gasteiger partial charge in [-0.25, -0.2) is 0 Å². The third-order valence-electron chi connectivity index (χ3n) is 7.68. The van der Waals surface area contributed by atoms with Crippen LogP contribution in [0.1, 0.15) is 42.4 Å². The van der Waals surface area contributed by atoms with Crippen molar-refractivity contribution in [2.24, 2.45) is 5.92 Å². The zero-order valence-electron chi connectivity index (χ0n) is 21.6. The van der Waals surface area contributed by atoms with Crippen LogP contribution in [0.4, 0.5) is 0 Å². The van der Waals surface area contributed by atoms with E-state index in [-0.39, 0.29) is 18.1 Å². The molecule has 0 radical (unpaired) electrons. The van der Waals surface area contributed by atoms with Crippen LogP contribution in [0.5, 0.6) is 5.75 Å². The summed E-state index contributed by atoms with van der Waals surface area (Å²) in [7, 11) is 1.45. The van der Waals surface area contributed by atoms with Crippen LogP contribution >= 0.6 is 23.2 Å². The zero-order valence-corrected chi connectivity index (χ0v) is 23.1. The lowest BCUT2D eigenvalue weighted by molar-refractivity contribution is -0.147. The highest BCUT2D eigenvalue weighted by molar-refractivity contribution is 6.42. The summed E-state index contributed by atoms with van der Waals surface area (Å²) in [5.74, 6) is 1.23. The fourth-order valence-electron chi connectivity index (χ4n) is 5.45. The number of nitriles is 1. The van der Waals surface area contributed by atoms with Crippen molar-refractivity contribution in [1.29, 1.82) is 5.26 Å². The molecule has 0 aliphatic carbocycles. The second-order valence-electron chi connectivity index (χ2n) is 10.1. The van der Waals surface area contributed by atoms with Gasteiger partial charge < -0.3 is 14.4 Å². The third-order valence-corrected chi connectivity index (χ3v) is 8.58. The number of hydrogen-bond acceptors (Lipinski definition) is 6. The second-order valence-corrected chi connectivity index (χ2v) is 10.9. The lowest BCUT2D eigenvalue weighted by Crippen LogP contribution is -2.49. The number of nitrogens with zero attached hydrogens (tertiary/aromatic N) is 3. The van der Waals surface area contributed by atoms with Crippen LogP contribution in [0.15, 0.2) is 36.4 Å². The van der Waals surface area contributed by atoms with Gasteiger partial charge in [0.2, 0.25) is 0 Å². The van der Waals surface area contributed by atoms with E-state index in [0.29, 0.717) is 27.9 Å². The van der Waals surface area contributed by atoms with E-state index in [4.69, 9.17) is 32.7 Å². The number of ether oxygens (including phenoxy) is 2. The number of carbonyl (C=O) groups excluding carboxylic acids is 1. The summed E-state index contributed by atoms with van der Waals surface area (Å²) in [5, 5.41) is 10.3. The van der Waals surface area contributed by atoms with Crippen molar-refractivity contribution in [2.45, 2.75) is 51.2 Å². The average Bonchev–Trinajstić information content (AvgIpc) is 2.93. The van der Waals surface area contributed by atoms with Gasteiger partial charge >= 0.3 is 5.97 Å². The number of halogens is 2. The number of piperidine rings is 2. The highest BCUT2D eigenvalue weighted by Crippen LogP contribution is 2.33. The maximum absolute atomic E-state index is 12.6. The van der Waals surface area contributed by atoms with Gasteiger partial charge in [0.15, 0.2) is 0 Å². The van der Waals surface area contributed by atoms with Gasteiger partial charge in [0.1, 0.15) is 17.9 Å². The Bertz CT molecular complexity index is 1120. The fraction of sp³-hybridized carbons (Fsp3) is 0.517. The predicted octanol–water partition coefficient (Wildman–Crippen LogP) is 5.51. The molecule has 6 nitrogen and oxygen atoms in total. The third kappa shape index (κ3) is 7.18. The molecule has 4 rings (SSSR count). The predicted molar refractivity (Wildman–Crippen MR) is 146 cm³/mol. The van der Waals surface area contributed by atoms with Crippen LogP contribution in [-0.4, -0.2) is 67.7 Å². The molecule has 2 fully saturated rings. The minimum absolute atomic E-state index is 0.189. The topological polar surface area (TPSA) is 65.8 Å². The number of esters is 1. The van der Waals surface area contributed by atoms with Crippen LogP contribution in [-0.2, 0) is 16.0 Å². The van der Waals surface area contributed by atoms with Gasteiger partial charge in [0, 0.05) is 25.2 Å². The maximum atomic E-state index is 12.6. The minimum Gasteiger partial charge on any atom is -0.490 e. The van der Waals surface area contributed by atoms with Crippen molar-refractivity contribution in [1.82, 2.24) is 9.80 Å². The van der Waals surface area contributed by atoms with Crippen LogP contribution in [0, 0.1) is 24.2 Å². The van der Waals surface area contributed by atoms with Crippen molar-refractivity contribution in [3.63, 3.8) is 0 Å². The maximum Gasteiger partial charge on any atom is 0.323 e. The first-order valence-electron chi connectivity index (χ1n) is 13.0. The molecular weight excluding hydrogens is 509 g/mol. The minimum atomic E-state index is -0.322. The molecule has 2 heterocycles. The van der Waals surface area contributed by atoms with Gasteiger partial charge in [-0.15, -0.1) is 0 Å². The van der Waals surface area contributed by atoms with Crippen molar-refractivity contribution in [3.05, 3.63) is 63.1 Å². The van der Waals surface area contributed by atoms with E-state index < -0.39 is 0 Å². The summed E-state index contributed by atoms with van der Waals surface area (Å²) >= 11 is 12.4. The Morgan fingerprint density at radius 3 is 2.51 bits per heavy atom. The van der Waals surface area contributed by atoms with Gasteiger partial charge in [0.05, 0.1) is 28.8 Å². The first-order valence-corrected chi connectivity index (χ1v) is 13.8. The average molecular weight is 545 g/mol. The second kappa shape index (κ2) is 13.0. The van der Waals surface area contributed by atoms with Gasteiger partial charge in [0.25, 0.3) is 0 Å². The first kappa shape index (κ1) is 27.7. The molecule has 2 aliphatic rings.